The molecule has 0 aromatic heterocycles. The first kappa shape index (κ1) is 28.7. The van der Waals surface area contributed by atoms with Crippen molar-refractivity contribution in [1.82, 2.24) is 4.90 Å². The van der Waals surface area contributed by atoms with Crippen molar-refractivity contribution in [2.24, 2.45) is 16.3 Å². The highest BCUT2D eigenvalue weighted by molar-refractivity contribution is 7.93. The van der Waals surface area contributed by atoms with Gasteiger partial charge in [0, 0.05) is 12.2 Å². The average Bonchev–Trinajstić information content (AvgIpc) is 3.04. The van der Waals surface area contributed by atoms with Gasteiger partial charge in [0.25, 0.3) is 0 Å². The molecule has 1 saturated heterocycles. The summed E-state index contributed by atoms with van der Waals surface area (Å²) in [4.78, 5) is 32.7. The summed E-state index contributed by atoms with van der Waals surface area (Å²) in [7, 11) is -8.22. The average molecular weight is 595 g/mol. The van der Waals surface area contributed by atoms with Gasteiger partial charge in [0.1, 0.15) is 11.7 Å². The lowest BCUT2D eigenvalue weighted by molar-refractivity contribution is -0.132. The molecular weight excluding hydrogens is 571 g/mol. The molecule has 0 radical (unpaired) electrons. The van der Waals surface area contributed by atoms with E-state index >= 15 is 0 Å². The molecule has 2 aromatic rings. The van der Waals surface area contributed by atoms with Crippen LogP contribution in [0.5, 0.6) is 0 Å². The van der Waals surface area contributed by atoms with Crippen molar-refractivity contribution >= 4 is 60.2 Å². The molecule has 3 unspecified atom stereocenters. The fourth-order valence-electron chi connectivity index (χ4n) is 4.84. The molecule has 0 aliphatic carbocycles. The van der Waals surface area contributed by atoms with Crippen molar-refractivity contribution in [2.45, 2.75) is 43.5 Å². The first-order valence-corrected chi connectivity index (χ1v) is 15.4. The first-order chi connectivity index (χ1) is 18.0. The number of hydrogen-bond donors (Lipinski definition) is 1. The Labute approximate surface area is 230 Å². The number of carbonyl (C=O) groups excluding carboxylic acids is 2. The highest BCUT2D eigenvalue weighted by Crippen LogP contribution is 2.41. The number of sulfonamides is 1. The number of nitrogens with one attached hydrogen (secondary N) is 1. The zero-order valence-corrected chi connectivity index (χ0v) is 23.7. The van der Waals surface area contributed by atoms with E-state index in [9.17, 15) is 36.1 Å². The maximum absolute atomic E-state index is 13.8. The molecular formula is C25H24ClFN4O6S2. The summed E-state index contributed by atoms with van der Waals surface area (Å²) in [5.74, 6) is -3.66. The predicted molar refractivity (Wildman–Crippen MR) is 142 cm³/mol. The molecule has 2 aliphatic rings. The van der Waals surface area contributed by atoms with E-state index in [0.29, 0.717) is 5.56 Å². The number of ketones is 1. The van der Waals surface area contributed by atoms with Crippen LogP contribution < -0.4 is 4.72 Å². The van der Waals surface area contributed by atoms with Crippen LogP contribution >= 0.6 is 11.6 Å². The first-order valence-electron chi connectivity index (χ1n) is 11.6. The van der Waals surface area contributed by atoms with Gasteiger partial charge >= 0.3 is 0 Å². The van der Waals surface area contributed by atoms with Gasteiger partial charge in [-0.1, -0.05) is 38.4 Å². The lowest BCUT2D eigenvalue weighted by Gasteiger charge is -2.33. The van der Waals surface area contributed by atoms with E-state index in [4.69, 9.17) is 11.6 Å². The van der Waals surface area contributed by atoms with Gasteiger partial charge in [-0.25, -0.2) is 21.2 Å². The molecule has 10 nitrogen and oxygen atoms in total. The van der Waals surface area contributed by atoms with E-state index < -0.39 is 70.6 Å². The van der Waals surface area contributed by atoms with Crippen LogP contribution in [0.15, 0.2) is 46.3 Å². The number of sulfone groups is 1. The lowest BCUT2D eigenvalue weighted by Crippen LogP contribution is -2.44. The Hall–Kier alpha value is -3.34. The number of aliphatic imine (C=N–C) groups is 1. The second-order valence-corrected chi connectivity index (χ2v) is 14.6. The molecule has 2 aliphatic heterocycles. The minimum absolute atomic E-state index is 0.0554. The number of Topliss-reactive ketones (excluding diaryl/α,β-unsaturated/α-hetero) is 1. The molecule has 0 spiro atoms. The Morgan fingerprint density at radius 2 is 1.85 bits per heavy atom. The summed E-state index contributed by atoms with van der Waals surface area (Å²) in [6.45, 7) is 5.10. The minimum Gasteiger partial charge on any atom is -0.327 e. The van der Waals surface area contributed by atoms with E-state index in [2.05, 4.69) is 9.71 Å². The number of hydrogen-bond acceptors (Lipinski definition) is 8. The van der Waals surface area contributed by atoms with Gasteiger partial charge in [0.2, 0.25) is 25.8 Å². The van der Waals surface area contributed by atoms with Crippen molar-refractivity contribution in [3.63, 3.8) is 0 Å². The molecule has 3 atom stereocenters. The van der Waals surface area contributed by atoms with Crippen LogP contribution in [0.4, 0.5) is 15.8 Å². The number of nitriles is 1. The molecule has 1 amide bonds. The summed E-state index contributed by atoms with van der Waals surface area (Å²) in [5.41, 5.74) is -0.945. The summed E-state index contributed by atoms with van der Waals surface area (Å²) >= 11 is 5.90. The number of benzene rings is 2. The Morgan fingerprint density at radius 1 is 1.18 bits per heavy atom. The number of nitrogens with zero attached hydrogens (tertiary/aromatic N) is 3. The number of fused-ring (bicyclic) bond motifs is 1. The monoisotopic (exact) mass is 594 g/mol. The van der Waals surface area contributed by atoms with Gasteiger partial charge in [-0.05, 0) is 41.3 Å². The van der Waals surface area contributed by atoms with Crippen LogP contribution in [0.25, 0.3) is 0 Å². The Morgan fingerprint density at radius 3 is 2.41 bits per heavy atom. The van der Waals surface area contributed by atoms with Crippen LogP contribution in [0, 0.1) is 28.5 Å². The van der Waals surface area contributed by atoms with Crippen LogP contribution in [0.3, 0.4) is 0 Å². The van der Waals surface area contributed by atoms with E-state index in [0.717, 1.165) is 18.4 Å². The Balaban J connectivity index is 1.83. The third kappa shape index (κ3) is 5.28. The van der Waals surface area contributed by atoms with Gasteiger partial charge in [-0.15, -0.1) is 0 Å². The maximum atomic E-state index is 13.8. The van der Waals surface area contributed by atoms with Crippen LogP contribution in [-0.4, -0.2) is 56.7 Å². The second-order valence-electron chi connectivity index (χ2n) is 10.5. The molecule has 1 N–H and O–H groups in total. The highest BCUT2D eigenvalue weighted by atomic mass is 35.5. The highest BCUT2D eigenvalue weighted by Gasteiger charge is 2.57. The number of amides is 1. The number of anilines is 1. The number of likely N-dealkylation sites (tertiary alicyclic amines) is 1. The minimum atomic E-state index is -4.49. The number of carbonyl (C=O) groups is 2. The zero-order valence-electron chi connectivity index (χ0n) is 21.3. The second kappa shape index (κ2) is 9.69. The quantitative estimate of drug-likeness (QED) is 0.521. The summed E-state index contributed by atoms with van der Waals surface area (Å²) in [6.07, 6.45) is 0.893. The van der Waals surface area contributed by atoms with E-state index in [-0.39, 0.29) is 22.9 Å². The van der Waals surface area contributed by atoms with Gasteiger partial charge in [-0.3, -0.25) is 19.3 Å². The molecule has 0 bridgehead atoms. The third-order valence-corrected chi connectivity index (χ3v) is 9.17. The fourth-order valence-corrected chi connectivity index (χ4v) is 7.20. The fraction of sp³-hybridized carbons (Fsp3) is 0.360. The van der Waals surface area contributed by atoms with Crippen LogP contribution in [0.1, 0.15) is 26.3 Å². The largest absolute Gasteiger partial charge is 0.327 e. The summed E-state index contributed by atoms with van der Waals surface area (Å²) in [6, 6.07) is 8.10. The topological polar surface area (TPSA) is 154 Å². The number of rotatable bonds is 5. The predicted octanol–water partition coefficient (Wildman–Crippen LogP) is 3.24. The molecule has 14 heteroatoms. The van der Waals surface area contributed by atoms with Gasteiger partial charge in [0.05, 0.1) is 39.7 Å². The lowest BCUT2D eigenvalue weighted by atomic mass is 9.81. The van der Waals surface area contributed by atoms with Crippen LogP contribution in [0.2, 0.25) is 5.02 Å². The van der Waals surface area contributed by atoms with E-state index in [1.165, 1.54) is 29.2 Å². The molecule has 39 heavy (non-hydrogen) atoms. The molecule has 2 heterocycles. The number of halogens is 2. The van der Waals surface area contributed by atoms with Gasteiger partial charge in [0.15, 0.2) is 11.0 Å². The van der Waals surface area contributed by atoms with Crippen molar-refractivity contribution < 1.29 is 30.8 Å². The van der Waals surface area contributed by atoms with Gasteiger partial charge in [-0.2, -0.15) is 5.26 Å². The SMILES string of the molecule is CC(C)(C)C1C(=O)C(C2=Nc3ccc(NS(C)(=O)=O)cc3S(=O)(=O)C2C#N)C(=O)N1Cc1ccc(F)c(Cl)c1. The third-order valence-electron chi connectivity index (χ3n) is 6.36. The Bertz CT molecular complexity index is 1690. The smallest absolute Gasteiger partial charge is 0.240 e. The summed E-state index contributed by atoms with van der Waals surface area (Å²) < 4.78 is 66.1. The normalized spacial score (nSPS) is 22.7. The van der Waals surface area contributed by atoms with Crippen LogP contribution in [-0.2, 0) is 36.0 Å². The zero-order chi connectivity index (χ0) is 29.1. The van der Waals surface area contributed by atoms with Crippen molar-refractivity contribution in [3.05, 3.63) is 52.8 Å². The Kier molecular flexibility index (Phi) is 7.12. The molecule has 1 fully saturated rings. The van der Waals surface area contributed by atoms with Crippen molar-refractivity contribution in [3.8, 4) is 6.07 Å². The molecule has 206 valence electrons. The molecule has 0 saturated carbocycles. The van der Waals surface area contributed by atoms with E-state index in [1.54, 1.807) is 26.8 Å². The van der Waals surface area contributed by atoms with Crippen molar-refractivity contribution in [1.29, 1.82) is 5.26 Å². The standard InChI is InChI=1S/C25H24ClFN4O6S2/c1-25(2,3)23-22(32)20(24(33)31(23)12-13-5-7-16(27)15(26)9-13)21-19(11-28)39(36,37)18-10-14(30-38(4,34)35)6-8-17(18)29-21/h5-10,19-20,23,30H,12H2,1-4H3. The summed E-state index contributed by atoms with van der Waals surface area (Å²) in [5, 5.41) is 7.76. The van der Waals surface area contributed by atoms with Crippen molar-refractivity contribution in [2.75, 3.05) is 11.0 Å². The van der Waals surface area contributed by atoms with E-state index in [1.807, 2.05) is 0 Å². The van der Waals surface area contributed by atoms with Gasteiger partial charge < -0.3 is 4.90 Å². The molecule has 2 aromatic carbocycles. The maximum Gasteiger partial charge on any atom is 0.240 e. The molecule has 4 rings (SSSR count).